The summed E-state index contributed by atoms with van der Waals surface area (Å²) in [5.41, 5.74) is 3.26. The maximum Gasteiger partial charge on any atom is 0.536 e. The number of aryl methyl sites for hydroxylation is 2. The van der Waals surface area contributed by atoms with E-state index in [-0.39, 0.29) is 5.76 Å². The van der Waals surface area contributed by atoms with Crippen molar-refractivity contribution in [3.63, 3.8) is 0 Å². The number of alkyl halides is 2. The minimum Gasteiger partial charge on any atom is -0.410 e. The summed E-state index contributed by atoms with van der Waals surface area (Å²) >= 11 is 0. The van der Waals surface area contributed by atoms with Gasteiger partial charge in [-0.25, -0.2) is 0 Å². The third-order valence-corrected chi connectivity index (χ3v) is 3.47. The third-order valence-electron chi connectivity index (χ3n) is 3.47. The zero-order valence-corrected chi connectivity index (χ0v) is 13.1. The van der Waals surface area contributed by atoms with Crippen LogP contribution >= 0.6 is 0 Å². The van der Waals surface area contributed by atoms with Crippen molar-refractivity contribution in [3.8, 4) is 0 Å². The molecule has 24 heavy (non-hydrogen) atoms. The van der Waals surface area contributed by atoms with Crippen molar-refractivity contribution in [1.29, 1.82) is 0 Å². The molecule has 0 bridgehead atoms. The zero-order chi connectivity index (χ0) is 17.2. The molecule has 6 nitrogen and oxygen atoms in total. The van der Waals surface area contributed by atoms with Gasteiger partial charge in [-0.1, -0.05) is 12.2 Å². The van der Waals surface area contributed by atoms with Crippen LogP contribution in [0.25, 0.3) is 12.2 Å². The fourth-order valence-corrected chi connectivity index (χ4v) is 2.16. The zero-order valence-electron chi connectivity index (χ0n) is 13.1. The van der Waals surface area contributed by atoms with Crippen molar-refractivity contribution in [1.82, 2.24) is 20.4 Å². The molecule has 3 heterocycles. The lowest BCUT2D eigenvalue weighted by Crippen LogP contribution is -2.33. The molecule has 1 atom stereocenters. The Hall–Kier alpha value is -2.74. The minimum absolute atomic E-state index is 0.0189. The van der Waals surface area contributed by atoms with Gasteiger partial charge in [0.1, 0.15) is 11.9 Å². The molecule has 0 amide bonds. The van der Waals surface area contributed by atoms with Gasteiger partial charge in [-0.15, -0.1) is 8.78 Å². The molecule has 0 spiro atoms. The Morgan fingerprint density at radius 3 is 2.25 bits per heavy atom. The molecule has 0 aliphatic carbocycles. The first-order valence-electron chi connectivity index (χ1n) is 7.26. The van der Waals surface area contributed by atoms with Crippen molar-refractivity contribution in [3.05, 3.63) is 58.9 Å². The van der Waals surface area contributed by atoms with Crippen molar-refractivity contribution < 1.29 is 18.3 Å². The Morgan fingerprint density at radius 1 is 1.04 bits per heavy atom. The molecule has 126 valence electrons. The summed E-state index contributed by atoms with van der Waals surface area (Å²) in [5, 5.41) is 13.3. The Balaban J connectivity index is 1.79. The van der Waals surface area contributed by atoms with E-state index in [0.717, 1.165) is 22.5 Å². The number of halogens is 2. The van der Waals surface area contributed by atoms with Crippen LogP contribution in [0.5, 0.6) is 0 Å². The number of aromatic nitrogens is 4. The number of H-pyrrole nitrogens is 2. The second kappa shape index (κ2) is 6.40. The summed E-state index contributed by atoms with van der Waals surface area (Å²) in [6.07, 6.45) is 6.35. The summed E-state index contributed by atoms with van der Waals surface area (Å²) < 4.78 is 36.3. The molecular formula is C16H16F2N4O2. The van der Waals surface area contributed by atoms with E-state index in [4.69, 9.17) is 0 Å². The monoisotopic (exact) mass is 334 g/mol. The standard InChI is InChI=1S/C16H16F2N4O2/c1-10-12(8-19-21-10)3-5-14-7-15(24-16(17,18)23-14)6-4-13-9-20-22-11(13)2/h3-9,14H,1-2H3,(H,19,21)(H,20,22)/b5-3+,6-4+. The van der Waals surface area contributed by atoms with Crippen LogP contribution in [-0.4, -0.2) is 32.8 Å². The van der Waals surface area contributed by atoms with E-state index in [0.29, 0.717) is 0 Å². The Bertz CT molecular complexity index is 805. The highest BCUT2D eigenvalue weighted by molar-refractivity contribution is 5.54. The summed E-state index contributed by atoms with van der Waals surface area (Å²) in [4.78, 5) is 0. The smallest absolute Gasteiger partial charge is 0.410 e. The molecule has 1 aliphatic heterocycles. The Labute approximate surface area is 136 Å². The van der Waals surface area contributed by atoms with Crippen LogP contribution in [0.1, 0.15) is 22.5 Å². The van der Waals surface area contributed by atoms with Crippen LogP contribution in [0.2, 0.25) is 0 Å². The van der Waals surface area contributed by atoms with Crippen molar-refractivity contribution in [2.45, 2.75) is 26.2 Å². The lowest BCUT2D eigenvalue weighted by Gasteiger charge is -2.26. The first-order valence-corrected chi connectivity index (χ1v) is 7.26. The van der Waals surface area contributed by atoms with Gasteiger partial charge in [0.05, 0.1) is 12.4 Å². The van der Waals surface area contributed by atoms with E-state index < -0.39 is 12.4 Å². The van der Waals surface area contributed by atoms with E-state index >= 15 is 0 Å². The van der Waals surface area contributed by atoms with E-state index in [1.807, 2.05) is 13.8 Å². The summed E-state index contributed by atoms with van der Waals surface area (Å²) in [6, 6.07) is 0. The maximum atomic E-state index is 13.6. The van der Waals surface area contributed by atoms with Gasteiger partial charge in [0.15, 0.2) is 0 Å². The predicted molar refractivity (Wildman–Crippen MR) is 83.7 cm³/mol. The van der Waals surface area contributed by atoms with Crippen molar-refractivity contribution in [2.24, 2.45) is 0 Å². The fourth-order valence-electron chi connectivity index (χ4n) is 2.16. The molecular weight excluding hydrogens is 318 g/mol. The number of nitrogens with zero attached hydrogens (tertiary/aromatic N) is 2. The topological polar surface area (TPSA) is 75.8 Å². The molecule has 2 aromatic heterocycles. The highest BCUT2D eigenvalue weighted by Crippen LogP contribution is 2.30. The number of allylic oxidation sites excluding steroid dienone is 1. The van der Waals surface area contributed by atoms with Gasteiger partial charge in [0, 0.05) is 22.5 Å². The van der Waals surface area contributed by atoms with Crippen LogP contribution < -0.4 is 0 Å². The lowest BCUT2D eigenvalue weighted by atomic mass is 10.2. The summed E-state index contributed by atoms with van der Waals surface area (Å²) in [7, 11) is 0. The first-order chi connectivity index (χ1) is 11.4. The quantitative estimate of drug-likeness (QED) is 0.899. The van der Waals surface area contributed by atoms with Crippen LogP contribution in [0.4, 0.5) is 8.78 Å². The molecule has 0 fully saturated rings. The highest BCUT2D eigenvalue weighted by atomic mass is 19.3. The third kappa shape index (κ3) is 3.77. The normalized spacial score (nSPS) is 20.5. The van der Waals surface area contributed by atoms with Crippen LogP contribution in [0.3, 0.4) is 0 Å². The van der Waals surface area contributed by atoms with E-state index in [1.54, 1.807) is 24.5 Å². The first kappa shape index (κ1) is 16.1. The molecule has 3 rings (SSSR count). The molecule has 2 aromatic rings. The Morgan fingerprint density at radius 2 is 1.67 bits per heavy atom. The maximum absolute atomic E-state index is 13.6. The van der Waals surface area contributed by atoms with Crippen LogP contribution in [-0.2, 0) is 9.47 Å². The molecule has 0 radical (unpaired) electrons. The number of nitrogens with one attached hydrogen (secondary N) is 2. The van der Waals surface area contributed by atoms with Gasteiger partial charge in [0.2, 0.25) is 0 Å². The number of hydrogen-bond donors (Lipinski definition) is 2. The molecule has 8 heteroatoms. The predicted octanol–water partition coefficient (Wildman–Crippen LogP) is 3.33. The summed E-state index contributed by atoms with van der Waals surface area (Å²) in [5.74, 6) is 0.0189. The number of rotatable bonds is 4. The minimum atomic E-state index is -3.69. The second-order valence-corrected chi connectivity index (χ2v) is 5.31. The number of aromatic amines is 2. The van der Waals surface area contributed by atoms with Gasteiger partial charge in [-0.2, -0.15) is 10.2 Å². The lowest BCUT2D eigenvalue weighted by molar-refractivity contribution is -0.389. The second-order valence-electron chi connectivity index (χ2n) is 5.31. The van der Waals surface area contributed by atoms with Gasteiger partial charge in [0.25, 0.3) is 0 Å². The highest BCUT2D eigenvalue weighted by Gasteiger charge is 2.40. The number of hydrogen-bond acceptors (Lipinski definition) is 4. The van der Waals surface area contributed by atoms with Gasteiger partial charge in [-0.3, -0.25) is 14.9 Å². The van der Waals surface area contributed by atoms with E-state index in [9.17, 15) is 8.78 Å². The molecule has 0 saturated heterocycles. The van der Waals surface area contributed by atoms with Crippen LogP contribution in [0, 0.1) is 13.8 Å². The van der Waals surface area contributed by atoms with Gasteiger partial charge < -0.3 is 4.74 Å². The van der Waals surface area contributed by atoms with Crippen molar-refractivity contribution in [2.75, 3.05) is 0 Å². The largest absolute Gasteiger partial charge is 0.536 e. The van der Waals surface area contributed by atoms with E-state index in [2.05, 4.69) is 29.9 Å². The molecule has 0 saturated carbocycles. The summed E-state index contributed by atoms with van der Waals surface area (Å²) in [6.45, 7) is 3.67. The molecule has 1 aliphatic rings. The average molecular weight is 334 g/mol. The van der Waals surface area contributed by atoms with Crippen molar-refractivity contribution >= 4 is 12.2 Å². The molecule has 1 unspecified atom stereocenters. The average Bonchev–Trinajstić information content (AvgIpc) is 3.10. The van der Waals surface area contributed by atoms with E-state index in [1.165, 1.54) is 18.2 Å². The number of ether oxygens (including phenoxy) is 2. The molecule has 0 aromatic carbocycles. The molecule has 2 N–H and O–H groups in total. The Kier molecular flexibility index (Phi) is 4.30. The fraction of sp³-hybridized carbons (Fsp3) is 0.250. The SMILES string of the molecule is Cc1[nH]ncc1/C=C/C1=CC(/C=C/c2cn[nH]c2C)OC(F)(F)O1. The van der Waals surface area contributed by atoms with Gasteiger partial charge in [-0.05, 0) is 32.1 Å². The van der Waals surface area contributed by atoms with Crippen LogP contribution in [0.15, 0.2) is 36.4 Å². The van der Waals surface area contributed by atoms with Gasteiger partial charge >= 0.3 is 6.29 Å².